The molecule has 2 aromatic carbocycles. The van der Waals surface area contributed by atoms with Crippen LogP contribution in [0.1, 0.15) is 28.5 Å². The fourth-order valence-corrected chi connectivity index (χ4v) is 5.15. The summed E-state index contributed by atoms with van der Waals surface area (Å²) >= 11 is 0. The third-order valence-corrected chi connectivity index (χ3v) is 6.41. The Labute approximate surface area is 167 Å². The van der Waals surface area contributed by atoms with Crippen molar-refractivity contribution in [3.63, 3.8) is 0 Å². The summed E-state index contributed by atoms with van der Waals surface area (Å²) in [5.74, 6) is 4.67. The van der Waals surface area contributed by atoms with Crippen molar-refractivity contribution in [1.29, 1.82) is 0 Å². The summed E-state index contributed by atoms with van der Waals surface area (Å²) in [6, 6.07) is 10.6. The first-order valence-corrected chi connectivity index (χ1v) is 9.75. The number of hydrogen-bond donors (Lipinski definition) is 0. The van der Waals surface area contributed by atoms with Crippen molar-refractivity contribution in [3.8, 4) is 23.0 Å². The van der Waals surface area contributed by atoms with Crippen LogP contribution in [0.2, 0.25) is 0 Å². The van der Waals surface area contributed by atoms with Gasteiger partial charge < -0.3 is 23.8 Å². The predicted octanol–water partition coefficient (Wildman–Crippen LogP) is 3.71. The van der Waals surface area contributed by atoms with E-state index in [-0.39, 0.29) is 0 Å². The molecule has 1 fully saturated rings. The number of nitrogens with zero attached hydrogens (tertiary/aromatic N) is 1. The Hall–Kier alpha value is -2.40. The van der Waals surface area contributed by atoms with Crippen molar-refractivity contribution in [2.24, 2.45) is 5.92 Å². The summed E-state index contributed by atoms with van der Waals surface area (Å²) < 4.78 is 22.4. The Morgan fingerprint density at radius 1 is 0.786 bits per heavy atom. The van der Waals surface area contributed by atoms with Gasteiger partial charge in [-0.3, -0.25) is 0 Å². The van der Waals surface area contributed by atoms with Crippen LogP contribution in [0.25, 0.3) is 0 Å². The zero-order valence-corrected chi connectivity index (χ0v) is 17.3. The summed E-state index contributed by atoms with van der Waals surface area (Å²) in [4.78, 5) is 2.44. The molecule has 1 aliphatic heterocycles. The van der Waals surface area contributed by atoms with Gasteiger partial charge in [0.25, 0.3) is 0 Å². The molecule has 28 heavy (non-hydrogen) atoms. The highest BCUT2D eigenvalue weighted by Crippen LogP contribution is 2.52. The monoisotopic (exact) mass is 383 g/mol. The molecular formula is C23H29NO4. The van der Waals surface area contributed by atoms with E-state index in [0.29, 0.717) is 17.8 Å². The normalized spacial score (nSPS) is 23.7. The largest absolute Gasteiger partial charge is 0.493 e. The number of fused-ring (bicyclic) bond motifs is 3. The number of methoxy groups -OCH3 is 4. The number of rotatable bonds is 5. The third-order valence-electron chi connectivity index (χ3n) is 6.41. The Balaban J connectivity index is 1.82. The smallest absolute Gasteiger partial charge is 0.164 e. The van der Waals surface area contributed by atoms with Crippen LogP contribution in [0.4, 0.5) is 0 Å². The lowest BCUT2D eigenvalue weighted by Gasteiger charge is -2.36. The van der Waals surface area contributed by atoms with Crippen molar-refractivity contribution in [2.45, 2.75) is 18.3 Å². The van der Waals surface area contributed by atoms with Crippen LogP contribution >= 0.6 is 0 Å². The maximum absolute atomic E-state index is 5.79. The molecule has 0 aromatic heterocycles. The van der Waals surface area contributed by atoms with Crippen LogP contribution in [-0.4, -0.2) is 53.5 Å². The first-order chi connectivity index (χ1) is 13.6. The molecule has 1 unspecified atom stereocenters. The van der Waals surface area contributed by atoms with E-state index in [1.807, 2.05) is 12.1 Å². The zero-order valence-electron chi connectivity index (χ0n) is 17.3. The molecule has 3 atom stereocenters. The average Bonchev–Trinajstić information content (AvgIpc) is 3.12. The lowest BCUT2D eigenvalue weighted by atomic mass is 9.68. The second-order valence-electron chi connectivity index (χ2n) is 7.79. The van der Waals surface area contributed by atoms with Crippen LogP contribution in [0, 0.1) is 5.92 Å². The highest BCUT2D eigenvalue weighted by atomic mass is 16.5. The minimum atomic E-state index is 0.392. The number of likely N-dealkylation sites (N-methyl/N-ethyl adjacent to an activating group) is 1. The third kappa shape index (κ3) is 2.98. The van der Waals surface area contributed by atoms with Gasteiger partial charge in [0, 0.05) is 24.6 Å². The Morgan fingerprint density at radius 3 is 2.18 bits per heavy atom. The topological polar surface area (TPSA) is 40.2 Å². The Bertz CT molecular complexity index is 866. The van der Waals surface area contributed by atoms with E-state index in [1.165, 1.54) is 16.7 Å². The van der Waals surface area contributed by atoms with E-state index in [4.69, 9.17) is 18.9 Å². The van der Waals surface area contributed by atoms with Crippen molar-refractivity contribution in [1.82, 2.24) is 4.90 Å². The van der Waals surface area contributed by atoms with E-state index in [0.717, 1.165) is 42.5 Å². The lowest BCUT2D eigenvalue weighted by Crippen LogP contribution is -2.28. The molecule has 1 saturated heterocycles. The lowest BCUT2D eigenvalue weighted by molar-refractivity contribution is 0.329. The van der Waals surface area contributed by atoms with Crippen molar-refractivity contribution < 1.29 is 18.9 Å². The van der Waals surface area contributed by atoms with Gasteiger partial charge in [0.1, 0.15) is 0 Å². The minimum absolute atomic E-state index is 0.392. The van der Waals surface area contributed by atoms with Crippen LogP contribution in [0.5, 0.6) is 23.0 Å². The Kier molecular flexibility index (Phi) is 5.11. The highest BCUT2D eigenvalue weighted by Gasteiger charge is 2.44. The number of likely N-dealkylation sites (tertiary alicyclic amines) is 1. The van der Waals surface area contributed by atoms with Gasteiger partial charge in [0.15, 0.2) is 23.0 Å². The average molecular weight is 383 g/mol. The molecule has 4 rings (SSSR count). The fourth-order valence-electron chi connectivity index (χ4n) is 5.15. The maximum atomic E-state index is 5.79. The molecule has 150 valence electrons. The van der Waals surface area contributed by atoms with Crippen LogP contribution in [0.15, 0.2) is 30.3 Å². The fraction of sp³-hybridized carbons (Fsp3) is 0.478. The second-order valence-corrected chi connectivity index (χ2v) is 7.79. The molecule has 1 aliphatic carbocycles. The summed E-state index contributed by atoms with van der Waals surface area (Å²) in [5, 5.41) is 0. The minimum Gasteiger partial charge on any atom is -0.493 e. The SMILES string of the molecule is COc1ccc(C2Cc3c(ccc(OC)c3OC)[C@@H]3CN(C)C[C@H]23)cc1OC. The summed E-state index contributed by atoms with van der Waals surface area (Å²) in [6.45, 7) is 2.16. The number of ether oxygens (including phenoxy) is 4. The summed E-state index contributed by atoms with van der Waals surface area (Å²) in [7, 11) is 9.01. The van der Waals surface area contributed by atoms with Crippen molar-refractivity contribution in [3.05, 3.63) is 47.0 Å². The van der Waals surface area contributed by atoms with Gasteiger partial charge in [-0.15, -0.1) is 0 Å². The maximum Gasteiger partial charge on any atom is 0.164 e. The quantitative estimate of drug-likeness (QED) is 0.787. The van der Waals surface area contributed by atoms with Gasteiger partial charge in [-0.2, -0.15) is 0 Å². The summed E-state index contributed by atoms with van der Waals surface area (Å²) in [5.41, 5.74) is 3.97. The van der Waals surface area contributed by atoms with E-state index < -0.39 is 0 Å². The van der Waals surface area contributed by atoms with Gasteiger partial charge in [0.05, 0.1) is 28.4 Å². The zero-order chi connectivity index (χ0) is 19.8. The molecule has 0 amide bonds. The van der Waals surface area contributed by atoms with Crippen molar-refractivity contribution >= 4 is 0 Å². The molecule has 0 N–H and O–H groups in total. The molecule has 0 saturated carbocycles. The van der Waals surface area contributed by atoms with Crippen LogP contribution < -0.4 is 18.9 Å². The molecule has 0 radical (unpaired) electrons. The van der Waals surface area contributed by atoms with Crippen LogP contribution in [0.3, 0.4) is 0 Å². The second kappa shape index (κ2) is 7.55. The van der Waals surface area contributed by atoms with E-state index in [2.05, 4.69) is 30.1 Å². The van der Waals surface area contributed by atoms with E-state index in [9.17, 15) is 0 Å². The molecule has 2 aliphatic rings. The molecular weight excluding hydrogens is 354 g/mol. The Morgan fingerprint density at radius 2 is 1.50 bits per heavy atom. The summed E-state index contributed by atoms with van der Waals surface area (Å²) in [6.07, 6.45) is 0.931. The molecule has 0 spiro atoms. The van der Waals surface area contributed by atoms with Gasteiger partial charge in [-0.05, 0) is 54.6 Å². The van der Waals surface area contributed by atoms with Crippen molar-refractivity contribution in [2.75, 3.05) is 48.6 Å². The molecule has 1 heterocycles. The first-order valence-electron chi connectivity index (χ1n) is 9.75. The molecule has 5 nitrogen and oxygen atoms in total. The number of benzene rings is 2. The van der Waals surface area contributed by atoms with Gasteiger partial charge in [0.2, 0.25) is 0 Å². The van der Waals surface area contributed by atoms with Gasteiger partial charge >= 0.3 is 0 Å². The molecule has 2 aromatic rings. The van der Waals surface area contributed by atoms with E-state index >= 15 is 0 Å². The molecule has 5 heteroatoms. The predicted molar refractivity (Wildman–Crippen MR) is 109 cm³/mol. The van der Waals surface area contributed by atoms with Gasteiger partial charge in [-0.1, -0.05) is 12.1 Å². The van der Waals surface area contributed by atoms with Gasteiger partial charge in [-0.25, -0.2) is 0 Å². The first kappa shape index (κ1) is 18.9. The highest BCUT2D eigenvalue weighted by molar-refractivity contribution is 5.55. The standard InChI is InChI=1S/C23H29NO4/c1-24-12-18-15-7-9-21(26-3)23(28-5)17(15)11-16(19(18)13-24)14-6-8-20(25-2)22(10-14)27-4/h6-10,16,18-19H,11-13H2,1-5H3/t16?,18-,19+/m0/s1. The van der Waals surface area contributed by atoms with Crippen LogP contribution in [-0.2, 0) is 6.42 Å². The number of hydrogen-bond acceptors (Lipinski definition) is 5. The van der Waals surface area contributed by atoms with E-state index in [1.54, 1.807) is 28.4 Å². The molecule has 0 bridgehead atoms.